The molecule has 0 aliphatic heterocycles. The molecule has 3 aromatic rings. The third-order valence-electron chi connectivity index (χ3n) is 5.35. The molecule has 0 aromatic heterocycles. The number of halogens is 1. The highest BCUT2D eigenvalue weighted by molar-refractivity contribution is 9.10. The molecule has 146 valence electrons. The van der Waals surface area contributed by atoms with E-state index in [2.05, 4.69) is 15.9 Å². The van der Waals surface area contributed by atoms with Gasteiger partial charge in [-0.25, -0.2) is 0 Å². The number of carbonyl (C=O) groups is 2. The molecule has 3 aromatic carbocycles. The predicted octanol–water partition coefficient (Wildman–Crippen LogP) is 5.20. The zero-order valence-electron chi connectivity index (χ0n) is 15.6. The first-order chi connectivity index (χ1) is 14.0. The molecule has 1 aliphatic rings. The summed E-state index contributed by atoms with van der Waals surface area (Å²) in [7, 11) is 0. The topological polar surface area (TPSA) is 74.6 Å². The highest BCUT2D eigenvalue weighted by Gasteiger charge is 2.23. The van der Waals surface area contributed by atoms with Crippen molar-refractivity contribution < 1.29 is 19.8 Å². The second kappa shape index (κ2) is 7.84. The summed E-state index contributed by atoms with van der Waals surface area (Å²) >= 11 is 3.29. The number of phenolic OH excluding ortho intramolecular Hbond substituents is 2. The Bertz CT molecular complexity index is 1130. The van der Waals surface area contributed by atoms with Crippen molar-refractivity contribution in [3.8, 4) is 11.5 Å². The summed E-state index contributed by atoms with van der Waals surface area (Å²) in [5.74, 6) is -1.03. The number of carbonyl (C=O) groups excluding carboxylic acids is 2. The van der Waals surface area contributed by atoms with E-state index in [0.29, 0.717) is 10.0 Å². The van der Waals surface area contributed by atoms with E-state index in [1.165, 1.54) is 35.9 Å². The number of fused-ring (bicyclic) bond motifs is 1. The van der Waals surface area contributed by atoms with Gasteiger partial charge in [0.1, 0.15) is 11.5 Å². The minimum atomic E-state index is -0.423. The minimum Gasteiger partial charge on any atom is -0.507 e. The highest BCUT2D eigenvalue weighted by Crippen LogP contribution is 2.30. The third kappa shape index (κ3) is 3.70. The number of aryl methyl sites for hydroxylation is 1. The van der Waals surface area contributed by atoms with Gasteiger partial charge in [-0.1, -0.05) is 34.1 Å². The Labute approximate surface area is 177 Å². The van der Waals surface area contributed by atoms with Crippen LogP contribution >= 0.6 is 15.9 Å². The van der Waals surface area contributed by atoms with Crippen LogP contribution in [0.15, 0.2) is 59.1 Å². The van der Waals surface area contributed by atoms with Gasteiger partial charge in [0.05, 0.1) is 11.1 Å². The summed E-state index contributed by atoms with van der Waals surface area (Å²) in [6.45, 7) is 0. The normalized spacial score (nSPS) is 13.0. The molecular formula is C24H19BrO4. The molecule has 2 N–H and O–H groups in total. The zero-order valence-corrected chi connectivity index (χ0v) is 17.2. The van der Waals surface area contributed by atoms with Crippen molar-refractivity contribution in [2.24, 2.45) is 0 Å². The Morgan fingerprint density at radius 2 is 1.45 bits per heavy atom. The van der Waals surface area contributed by atoms with E-state index in [4.69, 9.17) is 0 Å². The Morgan fingerprint density at radius 1 is 0.759 bits per heavy atom. The average Bonchev–Trinajstić information content (AvgIpc) is 2.74. The van der Waals surface area contributed by atoms with Crippen molar-refractivity contribution in [2.45, 2.75) is 25.7 Å². The van der Waals surface area contributed by atoms with E-state index >= 15 is 0 Å². The molecule has 0 unspecified atom stereocenters. The molecular weight excluding hydrogens is 432 g/mol. The number of phenols is 2. The van der Waals surface area contributed by atoms with Crippen LogP contribution in [0.25, 0.3) is 0 Å². The molecule has 4 rings (SSSR count). The number of rotatable bonds is 4. The maximum Gasteiger partial charge on any atom is 0.197 e. The fourth-order valence-corrected chi connectivity index (χ4v) is 4.21. The SMILES string of the molecule is O=C(c1ccc(O)c(C(=O)c2cccc3c2CCCC3)c1)c1cc(Br)ccc1O. The van der Waals surface area contributed by atoms with Gasteiger partial charge in [0.2, 0.25) is 0 Å². The van der Waals surface area contributed by atoms with Crippen LogP contribution in [-0.2, 0) is 12.8 Å². The summed E-state index contributed by atoms with van der Waals surface area (Å²) in [5.41, 5.74) is 3.22. The van der Waals surface area contributed by atoms with Crippen LogP contribution in [0.4, 0.5) is 0 Å². The average molecular weight is 451 g/mol. The van der Waals surface area contributed by atoms with Crippen LogP contribution in [0.2, 0.25) is 0 Å². The largest absolute Gasteiger partial charge is 0.507 e. The number of benzene rings is 3. The van der Waals surface area contributed by atoms with E-state index in [-0.39, 0.29) is 34.0 Å². The molecule has 0 radical (unpaired) electrons. The summed E-state index contributed by atoms with van der Waals surface area (Å²) in [5, 5.41) is 20.4. The lowest BCUT2D eigenvalue weighted by molar-refractivity contribution is 0.103. The molecule has 0 saturated carbocycles. The Kier molecular flexibility index (Phi) is 5.24. The lowest BCUT2D eigenvalue weighted by Crippen LogP contribution is -2.12. The van der Waals surface area contributed by atoms with Gasteiger partial charge in [-0.15, -0.1) is 0 Å². The molecule has 0 bridgehead atoms. The predicted molar refractivity (Wildman–Crippen MR) is 114 cm³/mol. The van der Waals surface area contributed by atoms with Crippen LogP contribution in [0.1, 0.15) is 55.8 Å². The van der Waals surface area contributed by atoms with Gasteiger partial charge < -0.3 is 10.2 Å². The standard InChI is InChI=1S/C24H19BrO4/c25-16-9-11-22(27)20(13-16)23(28)15-8-10-21(26)19(12-15)24(29)18-7-3-5-14-4-1-2-6-17(14)18/h3,5,7-13,26-27H,1-2,4,6H2. The second-order valence-electron chi connectivity index (χ2n) is 7.20. The van der Waals surface area contributed by atoms with Crippen molar-refractivity contribution in [1.82, 2.24) is 0 Å². The molecule has 29 heavy (non-hydrogen) atoms. The van der Waals surface area contributed by atoms with Crippen LogP contribution in [0.5, 0.6) is 11.5 Å². The maximum absolute atomic E-state index is 13.2. The Morgan fingerprint density at radius 3 is 2.24 bits per heavy atom. The van der Waals surface area contributed by atoms with Gasteiger partial charge in [0.25, 0.3) is 0 Å². The van der Waals surface area contributed by atoms with E-state index in [0.717, 1.165) is 31.2 Å². The zero-order chi connectivity index (χ0) is 20.5. The van der Waals surface area contributed by atoms with Crippen LogP contribution in [0, 0.1) is 0 Å². The first-order valence-corrected chi connectivity index (χ1v) is 10.3. The summed E-state index contributed by atoms with van der Waals surface area (Å²) in [6.07, 6.45) is 3.92. The lowest BCUT2D eigenvalue weighted by atomic mass is 9.85. The minimum absolute atomic E-state index is 0.0873. The second-order valence-corrected chi connectivity index (χ2v) is 8.12. The lowest BCUT2D eigenvalue weighted by Gasteiger charge is -2.19. The summed E-state index contributed by atoms with van der Waals surface area (Å²) < 4.78 is 0.657. The Hall–Kier alpha value is -2.92. The monoisotopic (exact) mass is 450 g/mol. The first-order valence-electron chi connectivity index (χ1n) is 9.47. The summed E-state index contributed by atoms with van der Waals surface area (Å²) in [4.78, 5) is 26.1. The third-order valence-corrected chi connectivity index (χ3v) is 5.84. The van der Waals surface area contributed by atoms with Crippen molar-refractivity contribution in [3.05, 3.63) is 92.5 Å². The molecule has 0 atom stereocenters. The molecule has 0 amide bonds. The highest BCUT2D eigenvalue weighted by atomic mass is 79.9. The summed E-state index contributed by atoms with van der Waals surface area (Å²) in [6, 6.07) is 14.5. The molecule has 0 spiro atoms. The van der Waals surface area contributed by atoms with Crippen LogP contribution < -0.4 is 0 Å². The van der Waals surface area contributed by atoms with E-state index in [1.54, 1.807) is 12.1 Å². The van der Waals surface area contributed by atoms with Crippen molar-refractivity contribution >= 4 is 27.5 Å². The molecule has 0 fully saturated rings. The van der Waals surface area contributed by atoms with Gasteiger partial charge in [0.15, 0.2) is 11.6 Å². The van der Waals surface area contributed by atoms with Gasteiger partial charge in [-0.3, -0.25) is 9.59 Å². The Balaban J connectivity index is 1.76. The van der Waals surface area contributed by atoms with Crippen molar-refractivity contribution in [1.29, 1.82) is 0 Å². The van der Waals surface area contributed by atoms with Crippen molar-refractivity contribution in [2.75, 3.05) is 0 Å². The molecule has 0 saturated heterocycles. The maximum atomic E-state index is 13.2. The smallest absolute Gasteiger partial charge is 0.197 e. The fourth-order valence-electron chi connectivity index (χ4n) is 3.84. The van der Waals surface area contributed by atoms with E-state index in [9.17, 15) is 19.8 Å². The molecule has 1 aliphatic carbocycles. The first kappa shape index (κ1) is 19.4. The quantitative estimate of drug-likeness (QED) is 0.535. The molecule has 0 heterocycles. The van der Waals surface area contributed by atoms with Gasteiger partial charge in [0, 0.05) is 15.6 Å². The molecule has 4 nitrogen and oxygen atoms in total. The van der Waals surface area contributed by atoms with Gasteiger partial charge in [-0.05, 0) is 73.2 Å². The number of hydrogen-bond donors (Lipinski definition) is 2. The van der Waals surface area contributed by atoms with E-state index in [1.807, 2.05) is 12.1 Å². The van der Waals surface area contributed by atoms with E-state index < -0.39 is 5.78 Å². The molecule has 5 heteroatoms. The van der Waals surface area contributed by atoms with Crippen LogP contribution in [-0.4, -0.2) is 21.8 Å². The van der Waals surface area contributed by atoms with Crippen LogP contribution in [0.3, 0.4) is 0 Å². The number of ketones is 2. The van der Waals surface area contributed by atoms with Gasteiger partial charge >= 0.3 is 0 Å². The number of aromatic hydroxyl groups is 2. The fraction of sp³-hybridized carbons (Fsp3) is 0.167. The van der Waals surface area contributed by atoms with Gasteiger partial charge in [-0.2, -0.15) is 0 Å². The number of hydrogen-bond acceptors (Lipinski definition) is 4. The van der Waals surface area contributed by atoms with Crippen molar-refractivity contribution in [3.63, 3.8) is 0 Å².